The fourth-order valence-corrected chi connectivity index (χ4v) is 2.50. The molecule has 0 aromatic carbocycles. The van der Waals surface area contributed by atoms with Crippen molar-refractivity contribution >= 4 is 40.3 Å². The van der Waals surface area contributed by atoms with Crippen LogP contribution < -0.4 is 10.6 Å². The third-order valence-electron chi connectivity index (χ3n) is 2.75. The minimum Gasteiger partial charge on any atom is -0.450 e. The molecule has 0 saturated heterocycles. The van der Waals surface area contributed by atoms with Gasteiger partial charge in [0.2, 0.25) is 5.91 Å². The molecule has 0 spiro atoms. The molecular weight excluding hydrogens is 330 g/mol. The van der Waals surface area contributed by atoms with E-state index in [0.717, 1.165) is 5.56 Å². The molecule has 7 nitrogen and oxygen atoms in total. The lowest BCUT2D eigenvalue weighted by Gasteiger charge is -2.05. The van der Waals surface area contributed by atoms with E-state index >= 15 is 0 Å². The first kappa shape index (κ1) is 17.4. The zero-order valence-corrected chi connectivity index (χ0v) is 13.6. The summed E-state index contributed by atoms with van der Waals surface area (Å²) in [4.78, 5) is 39.2. The average molecular weight is 345 g/mol. The first-order chi connectivity index (χ1) is 11.6. The molecule has 0 saturated carbocycles. The largest absolute Gasteiger partial charge is 0.450 e. The Balaban J connectivity index is 1.99. The molecule has 24 heavy (non-hydrogen) atoms. The van der Waals surface area contributed by atoms with Crippen LogP contribution in [0.5, 0.6) is 0 Å². The molecule has 0 aliphatic carbocycles. The van der Waals surface area contributed by atoms with Crippen LogP contribution in [-0.4, -0.2) is 29.5 Å². The van der Waals surface area contributed by atoms with E-state index in [1.807, 2.05) is 0 Å². The van der Waals surface area contributed by atoms with E-state index in [2.05, 4.69) is 20.4 Å². The summed E-state index contributed by atoms with van der Waals surface area (Å²) in [6.07, 6.45) is 5.37. The van der Waals surface area contributed by atoms with Crippen molar-refractivity contribution in [2.45, 2.75) is 6.92 Å². The van der Waals surface area contributed by atoms with Crippen molar-refractivity contribution in [3.63, 3.8) is 0 Å². The SMILES string of the molecule is CCOC(=O)NC(=O)c1ccsc1NC(=O)/C=C/c1cccnc1. The summed E-state index contributed by atoms with van der Waals surface area (Å²) in [5.41, 5.74) is 0.968. The minimum absolute atomic E-state index is 0.158. The van der Waals surface area contributed by atoms with Crippen molar-refractivity contribution in [2.75, 3.05) is 11.9 Å². The lowest BCUT2D eigenvalue weighted by molar-refractivity contribution is -0.111. The molecule has 2 aromatic rings. The molecular formula is C16H15N3O4S. The van der Waals surface area contributed by atoms with Gasteiger partial charge in [-0.25, -0.2) is 4.79 Å². The summed E-state index contributed by atoms with van der Waals surface area (Å²) in [7, 11) is 0. The molecule has 0 aliphatic heterocycles. The summed E-state index contributed by atoms with van der Waals surface area (Å²) >= 11 is 1.18. The normalized spacial score (nSPS) is 10.4. The van der Waals surface area contributed by atoms with E-state index in [4.69, 9.17) is 0 Å². The molecule has 2 N–H and O–H groups in total. The Labute approximate surface area is 142 Å². The van der Waals surface area contributed by atoms with Crippen LogP contribution in [0, 0.1) is 0 Å². The summed E-state index contributed by atoms with van der Waals surface area (Å²) in [6, 6.07) is 5.08. The van der Waals surface area contributed by atoms with Crippen LogP contribution in [0.2, 0.25) is 0 Å². The Kier molecular flexibility index (Phi) is 6.21. The number of aromatic nitrogens is 1. The van der Waals surface area contributed by atoms with Gasteiger partial charge in [-0.2, -0.15) is 0 Å². The van der Waals surface area contributed by atoms with E-state index in [1.54, 1.807) is 42.9 Å². The van der Waals surface area contributed by atoms with Gasteiger partial charge in [-0.1, -0.05) is 6.07 Å². The Morgan fingerprint density at radius 3 is 2.88 bits per heavy atom. The first-order valence-corrected chi connectivity index (χ1v) is 7.92. The number of hydrogen-bond donors (Lipinski definition) is 2. The quantitative estimate of drug-likeness (QED) is 0.812. The number of carbonyl (C=O) groups excluding carboxylic acids is 3. The highest BCUT2D eigenvalue weighted by Gasteiger charge is 2.17. The van der Waals surface area contributed by atoms with Crippen molar-refractivity contribution in [1.82, 2.24) is 10.3 Å². The fourth-order valence-electron chi connectivity index (χ4n) is 1.71. The zero-order chi connectivity index (χ0) is 17.4. The second kappa shape index (κ2) is 8.59. The number of thiophene rings is 1. The lowest BCUT2D eigenvalue weighted by Crippen LogP contribution is -2.31. The van der Waals surface area contributed by atoms with Crippen LogP contribution >= 0.6 is 11.3 Å². The molecule has 2 rings (SSSR count). The molecule has 0 fully saturated rings. The number of imide groups is 1. The maximum atomic E-state index is 12.0. The van der Waals surface area contributed by atoms with Crippen LogP contribution in [0.3, 0.4) is 0 Å². The van der Waals surface area contributed by atoms with E-state index in [9.17, 15) is 14.4 Å². The number of carbonyl (C=O) groups is 3. The number of pyridine rings is 1. The zero-order valence-electron chi connectivity index (χ0n) is 12.8. The van der Waals surface area contributed by atoms with E-state index in [1.165, 1.54) is 23.5 Å². The van der Waals surface area contributed by atoms with E-state index in [-0.39, 0.29) is 12.2 Å². The van der Waals surface area contributed by atoms with Crippen LogP contribution in [-0.2, 0) is 9.53 Å². The predicted octanol–water partition coefficient (Wildman–Crippen LogP) is 2.68. The van der Waals surface area contributed by atoms with Crippen molar-refractivity contribution < 1.29 is 19.1 Å². The molecule has 0 atom stereocenters. The van der Waals surface area contributed by atoms with Crippen molar-refractivity contribution in [2.24, 2.45) is 0 Å². The minimum atomic E-state index is -0.831. The number of hydrogen-bond acceptors (Lipinski definition) is 6. The summed E-state index contributed by atoms with van der Waals surface area (Å²) in [6.45, 7) is 1.79. The van der Waals surface area contributed by atoms with Gasteiger partial charge in [0.15, 0.2) is 0 Å². The standard InChI is InChI=1S/C16H15N3O4S/c1-2-23-16(22)19-14(21)12-7-9-24-15(12)18-13(20)6-5-11-4-3-8-17-10-11/h3-10H,2H2,1H3,(H,18,20)(H,19,21,22)/b6-5+. The van der Waals surface area contributed by atoms with Crippen molar-refractivity contribution in [1.29, 1.82) is 0 Å². The third kappa shape index (κ3) is 5.03. The maximum absolute atomic E-state index is 12.0. The van der Waals surface area contributed by atoms with Crippen LogP contribution in [0.4, 0.5) is 9.80 Å². The molecule has 0 bridgehead atoms. The third-order valence-corrected chi connectivity index (χ3v) is 3.58. The Morgan fingerprint density at radius 1 is 1.33 bits per heavy atom. The van der Waals surface area contributed by atoms with Gasteiger partial charge in [0, 0.05) is 18.5 Å². The van der Waals surface area contributed by atoms with Gasteiger partial charge >= 0.3 is 6.09 Å². The highest BCUT2D eigenvalue weighted by molar-refractivity contribution is 7.14. The Bertz CT molecular complexity index is 756. The number of nitrogens with zero attached hydrogens (tertiary/aromatic N) is 1. The predicted molar refractivity (Wildman–Crippen MR) is 90.7 cm³/mol. The van der Waals surface area contributed by atoms with Gasteiger partial charge in [0.05, 0.1) is 12.2 Å². The van der Waals surface area contributed by atoms with Crippen LogP contribution in [0.1, 0.15) is 22.8 Å². The molecule has 0 unspecified atom stereocenters. The number of nitrogens with one attached hydrogen (secondary N) is 2. The summed E-state index contributed by atoms with van der Waals surface area (Å²) < 4.78 is 4.65. The van der Waals surface area contributed by atoms with Gasteiger partial charge in [-0.15, -0.1) is 11.3 Å². The van der Waals surface area contributed by atoms with E-state index < -0.39 is 17.9 Å². The summed E-state index contributed by atoms with van der Waals surface area (Å²) in [5.74, 6) is -1.03. The highest BCUT2D eigenvalue weighted by atomic mass is 32.1. The van der Waals surface area contributed by atoms with Crippen LogP contribution in [0.25, 0.3) is 6.08 Å². The first-order valence-electron chi connectivity index (χ1n) is 7.05. The molecule has 0 radical (unpaired) electrons. The van der Waals surface area contributed by atoms with Gasteiger partial charge in [0.25, 0.3) is 5.91 Å². The molecule has 2 heterocycles. The van der Waals surface area contributed by atoms with Gasteiger partial charge in [0.1, 0.15) is 5.00 Å². The monoisotopic (exact) mass is 345 g/mol. The van der Waals surface area contributed by atoms with Crippen LogP contribution in [0.15, 0.2) is 42.0 Å². The summed E-state index contributed by atoms with van der Waals surface area (Å²) in [5, 5.41) is 6.67. The number of amides is 3. The molecule has 124 valence electrons. The Hall–Kier alpha value is -3.00. The molecule has 3 amide bonds. The second-order valence-corrected chi connectivity index (χ2v) is 5.36. The highest BCUT2D eigenvalue weighted by Crippen LogP contribution is 2.23. The van der Waals surface area contributed by atoms with Crippen molar-refractivity contribution in [3.05, 3.63) is 53.2 Å². The average Bonchev–Trinajstić information content (AvgIpc) is 3.02. The van der Waals surface area contributed by atoms with Gasteiger partial charge in [-0.05, 0) is 36.1 Å². The molecule has 2 aromatic heterocycles. The number of alkyl carbamates (subject to hydrolysis) is 1. The smallest absolute Gasteiger partial charge is 0.414 e. The van der Waals surface area contributed by atoms with Gasteiger partial charge < -0.3 is 10.1 Å². The molecule has 8 heteroatoms. The lowest BCUT2D eigenvalue weighted by atomic mass is 10.2. The number of ether oxygens (including phenoxy) is 1. The second-order valence-electron chi connectivity index (χ2n) is 4.45. The fraction of sp³-hybridized carbons (Fsp3) is 0.125. The topological polar surface area (TPSA) is 97.4 Å². The number of rotatable bonds is 5. The number of anilines is 1. The van der Waals surface area contributed by atoms with E-state index in [0.29, 0.717) is 5.00 Å². The Morgan fingerprint density at radius 2 is 2.17 bits per heavy atom. The molecule has 0 aliphatic rings. The maximum Gasteiger partial charge on any atom is 0.414 e. The van der Waals surface area contributed by atoms with Crippen molar-refractivity contribution in [3.8, 4) is 0 Å². The van der Waals surface area contributed by atoms with Gasteiger partial charge in [-0.3, -0.25) is 19.9 Å².